The molecule has 0 saturated carbocycles. The van der Waals surface area contributed by atoms with Gasteiger partial charge in [-0.15, -0.1) is 0 Å². The van der Waals surface area contributed by atoms with Gasteiger partial charge in [-0.25, -0.2) is 12.7 Å². The monoisotopic (exact) mass is 307 g/mol. The van der Waals surface area contributed by atoms with Gasteiger partial charge >= 0.3 is 0 Å². The molecule has 0 bridgehead atoms. The summed E-state index contributed by atoms with van der Waals surface area (Å²) in [4.78, 5) is 12.3. The molecule has 3 rings (SSSR count). The van der Waals surface area contributed by atoms with Gasteiger partial charge in [0.15, 0.2) is 0 Å². The summed E-state index contributed by atoms with van der Waals surface area (Å²) in [5.74, 6) is -0.499. The second-order valence-corrected chi connectivity index (χ2v) is 6.71. The molecule has 0 atom stereocenters. The van der Waals surface area contributed by atoms with Crippen molar-refractivity contribution in [2.24, 2.45) is 0 Å². The van der Waals surface area contributed by atoms with Crippen LogP contribution in [0.4, 0.5) is 0 Å². The van der Waals surface area contributed by atoms with E-state index in [9.17, 15) is 13.2 Å². The third kappa shape index (κ3) is 1.99. The molecule has 0 radical (unpaired) electrons. The van der Waals surface area contributed by atoms with E-state index >= 15 is 0 Å². The summed E-state index contributed by atoms with van der Waals surface area (Å²) in [6.45, 7) is -0.0175. The highest BCUT2D eigenvalue weighted by Crippen LogP contribution is 2.31. The smallest absolute Gasteiger partial charge is 0.268 e. The zero-order chi connectivity index (χ0) is 14.3. The van der Waals surface area contributed by atoms with Gasteiger partial charge in [0, 0.05) is 5.02 Å². The van der Waals surface area contributed by atoms with Gasteiger partial charge in [0.1, 0.15) is 4.90 Å². The van der Waals surface area contributed by atoms with Crippen LogP contribution in [0.25, 0.3) is 0 Å². The van der Waals surface area contributed by atoms with Gasteiger partial charge in [0.2, 0.25) is 0 Å². The third-order valence-corrected chi connectivity index (χ3v) is 5.15. The van der Waals surface area contributed by atoms with Gasteiger partial charge < -0.3 is 0 Å². The Bertz CT molecular complexity index is 802. The quantitative estimate of drug-likeness (QED) is 0.857. The first-order chi connectivity index (χ1) is 9.50. The average Bonchev–Trinajstić information content (AvgIpc) is 2.61. The number of rotatable bonds is 2. The molecule has 0 unspecified atom stereocenters. The van der Waals surface area contributed by atoms with Crippen molar-refractivity contribution in [1.82, 2.24) is 4.31 Å². The molecule has 1 heterocycles. The fourth-order valence-electron chi connectivity index (χ4n) is 2.19. The second kappa shape index (κ2) is 4.61. The number of hydrogen-bond donors (Lipinski definition) is 0. The van der Waals surface area contributed by atoms with Crippen LogP contribution in [0, 0.1) is 0 Å². The molecule has 1 amide bonds. The van der Waals surface area contributed by atoms with E-state index in [1.807, 2.05) is 0 Å². The van der Waals surface area contributed by atoms with Crippen molar-refractivity contribution >= 4 is 27.5 Å². The molecule has 2 aromatic rings. The van der Waals surface area contributed by atoms with E-state index in [0.717, 1.165) is 4.31 Å². The highest BCUT2D eigenvalue weighted by Gasteiger charge is 2.40. The number of carbonyl (C=O) groups is 1. The lowest BCUT2D eigenvalue weighted by atomic mass is 10.2. The molecule has 1 aliphatic heterocycles. The summed E-state index contributed by atoms with van der Waals surface area (Å²) < 4.78 is 25.6. The van der Waals surface area contributed by atoms with Crippen molar-refractivity contribution in [2.45, 2.75) is 11.4 Å². The molecule has 4 nitrogen and oxygen atoms in total. The van der Waals surface area contributed by atoms with E-state index in [1.54, 1.807) is 36.4 Å². The Morgan fingerprint density at radius 1 is 1.05 bits per heavy atom. The van der Waals surface area contributed by atoms with Crippen LogP contribution in [0.15, 0.2) is 53.4 Å². The molecule has 0 aromatic heterocycles. The van der Waals surface area contributed by atoms with E-state index in [0.29, 0.717) is 10.6 Å². The van der Waals surface area contributed by atoms with Crippen LogP contribution >= 0.6 is 11.6 Å². The summed E-state index contributed by atoms with van der Waals surface area (Å²) in [6.07, 6.45) is 0. The number of halogens is 1. The van der Waals surface area contributed by atoms with Crippen molar-refractivity contribution in [3.8, 4) is 0 Å². The number of sulfonamides is 1. The van der Waals surface area contributed by atoms with Crippen LogP contribution < -0.4 is 0 Å². The minimum absolute atomic E-state index is 0.0175. The van der Waals surface area contributed by atoms with Crippen molar-refractivity contribution in [3.63, 3.8) is 0 Å². The summed E-state index contributed by atoms with van der Waals surface area (Å²) in [5.41, 5.74) is 0.886. The summed E-state index contributed by atoms with van der Waals surface area (Å²) in [5, 5.41) is 0.504. The summed E-state index contributed by atoms with van der Waals surface area (Å²) in [6, 6.07) is 13.0. The van der Waals surface area contributed by atoms with Gasteiger partial charge in [0.05, 0.1) is 12.1 Å². The highest BCUT2D eigenvalue weighted by atomic mass is 35.5. The van der Waals surface area contributed by atoms with Crippen LogP contribution in [-0.2, 0) is 16.6 Å². The van der Waals surface area contributed by atoms with Crippen molar-refractivity contribution < 1.29 is 13.2 Å². The first kappa shape index (κ1) is 13.1. The molecule has 2 aromatic carbocycles. The van der Waals surface area contributed by atoms with E-state index < -0.39 is 15.9 Å². The maximum absolute atomic E-state index is 12.4. The minimum Gasteiger partial charge on any atom is -0.268 e. The molecule has 0 spiro atoms. The Kier molecular flexibility index (Phi) is 3.03. The van der Waals surface area contributed by atoms with Gasteiger partial charge in [0.25, 0.3) is 15.9 Å². The Hall–Kier alpha value is -1.85. The fraction of sp³-hybridized carbons (Fsp3) is 0.0714. The predicted molar refractivity (Wildman–Crippen MR) is 75.0 cm³/mol. The maximum atomic E-state index is 12.4. The maximum Gasteiger partial charge on any atom is 0.269 e. The molecule has 6 heteroatoms. The predicted octanol–water partition coefficient (Wildman–Crippen LogP) is 2.68. The van der Waals surface area contributed by atoms with Gasteiger partial charge in [-0.3, -0.25) is 4.79 Å². The van der Waals surface area contributed by atoms with Crippen LogP contribution in [0.2, 0.25) is 5.02 Å². The zero-order valence-corrected chi connectivity index (χ0v) is 11.9. The van der Waals surface area contributed by atoms with Crippen LogP contribution in [-0.4, -0.2) is 18.6 Å². The molecule has 0 N–H and O–H groups in total. The SMILES string of the molecule is O=C1c2ccccc2S(=O)(=O)N1Cc1cccc(Cl)c1. The number of amides is 1. The number of benzene rings is 2. The lowest BCUT2D eigenvalue weighted by Crippen LogP contribution is -2.29. The third-order valence-electron chi connectivity index (χ3n) is 3.13. The second-order valence-electron chi connectivity index (χ2n) is 4.44. The van der Waals surface area contributed by atoms with Crippen molar-refractivity contribution in [2.75, 3.05) is 0 Å². The van der Waals surface area contributed by atoms with E-state index in [1.165, 1.54) is 12.1 Å². The number of fused-ring (bicyclic) bond motifs is 1. The lowest BCUT2D eigenvalue weighted by Gasteiger charge is -2.15. The number of nitrogens with zero attached hydrogens (tertiary/aromatic N) is 1. The molecule has 102 valence electrons. The molecule has 20 heavy (non-hydrogen) atoms. The average molecular weight is 308 g/mol. The number of carbonyl (C=O) groups excluding carboxylic acids is 1. The molecule has 0 saturated heterocycles. The Morgan fingerprint density at radius 2 is 1.80 bits per heavy atom. The van der Waals surface area contributed by atoms with Gasteiger partial charge in [-0.05, 0) is 29.8 Å². The largest absolute Gasteiger partial charge is 0.269 e. The van der Waals surface area contributed by atoms with E-state index in [-0.39, 0.29) is 17.0 Å². The summed E-state index contributed by atoms with van der Waals surface area (Å²) >= 11 is 5.87. The molecule has 0 aliphatic carbocycles. The molecular formula is C14H10ClNO3S. The number of hydrogen-bond acceptors (Lipinski definition) is 3. The van der Waals surface area contributed by atoms with Gasteiger partial charge in [-0.2, -0.15) is 0 Å². The highest BCUT2D eigenvalue weighted by molar-refractivity contribution is 7.90. The zero-order valence-electron chi connectivity index (χ0n) is 10.3. The van der Waals surface area contributed by atoms with Crippen LogP contribution in [0.1, 0.15) is 15.9 Å². The fourth-order valence-corrected chi connectivity index (χ4v) is 3.96. The molecular weight excluding hydrogens is 298 g/mol. The van der Waals surface area contributed by atoms with Crippen molar-refractivity contribution in [1.29, 1.82) is 0 Å². The Balaban J connectivity index is 2.03. The van der Waals surface area contributed by atoms with Crippen LogP contribution in [0.5, 0.6) is 0 Å². The van der Waals surface area contributed by atoms with Gasteiger partial charge in [-0.1, -0.05) is 35.9 Å². The normalized spacial score (nSPS) is 16.2. The van der Waals surface area contributed by atoms with Crippen molar-refractivity contribution in [3.05, 3.63) is 64.7 Å². The molecule has 1 aliphatic rings. The Labute approximate surface area is 121 Å². The minimum atomic E-state index is -3.77. The topological polar surface area (TPSA) is 54.5 Å². The summed E-state index contributed by atoms with van der Waals surface area (Å²) in [7, 11) is -3.77. The molecule has 0 fully saturated rings. The Morgan fingerprint density at radius 3 is 2.50 bits per heavy atom. The van der Waals surface area contributed by atoms with Crippen LogP contribution in [0.3, 0.4) is 0 Å². The first-order valence-corrected chi connectivity index (χ1v) is 7.72. The lowest BCUT2D eigenvalue weighted by molar-refractivity contribution is 0.0865. The first-order valence-electron chi connectivity index (χ1n) is 5.91. The van der Waals surface area contributed by atoms with E-state index in [2.05, 4.69) is 0 Å². The standard InChI is InChI=1S/C14H10ClNO3S/c15-11-5-3-4-10(8-11)9-16-14(17)12-6-1-2-7-13(12)20(16,18)19/h1-8H,9H2. The van der Waals surface area contributed by atoms with E-state index in [4.69, 9.17) is 11.6 Å².